The predicted octanol–water partition coefficient (Wildman–Crippen LogP) is 2.60. The number of nitrogens with two attached hydrogens (primary N) is 1. The average Bonchev–Trinajstić information content (AvgIpc) is 2.36. The Balaban J connectivity index is 2.30. The quantitative estimate of drug-likeness (QED) is 0.797. The molecule has 0 bridgehead atoms. The SMILES string of the molecule is CC(C)(CCN)CCC(=O)NCc1ccc(F)cc1. The summed E-state index contributed by atoms with van der Waals surface area (Å²) in [7, 11) is 0. The van der Waals surface area contributed by atoms with E-state index >= 15 is 0 Å². The highest BCUT2D eigenvalue weighted by molar-refractivity contribution is 5.75. The highest BCUT2D eigenvalue weighted by Gasteiger charge is 2.18. The van der Waals surface area contributed by atoms with Gasteiger partial charge in [-0.1, -0.05) is 26.0 Å². The van der Waals surface area contributed by atoms with Crippen LogP contribution in [0.5, 0.6) is 0 Å². The van der Waals surface area contributed by atoms with Crippen LogP contribution in [0.2, 0.25) is 0 Å². The number of carbonyl (C=O) groups is 1. The van der Waals surface area contributed by atoms with Crippen molar-refractivity contribution in [3.05, 3.63) is 35.6 Å². The lowest BCUT2D eigenvalue weighted by Gasteiger charge is -2.23. The zero-order valence-corrected chi connectivity index (χ0v) is 11.7. The molecule has 0 aliphatic carbocycles. The zero-order valence-electron chi connectivity index (χ0n) is 11.7. The molecule has 0 atom stereocenters. The van der Waals surface area contributed by atoms with Crippen LogP contribution in [0.25, 0.3) is 0 Å². The smallest absolute Gasteiger partial charge is 0.220 e. The molecule has 106 valence electrons. The van der Waals surface area contributed by atoms with Crippen molar-refractivity contribution >= 4 is 5.91 Å². The van der Waals surface area contributed by atoms with Crippen LogP contribution in [0, 0.1) is 11.2 Å². The Morgan fingerprint density at radius 1 is 1.26 bits per heavy atom. The lowest BCUT2D eigenvalue weighted by molar-refractivity contribution is -0.121. The summed E-state index contributed by atoms with van der Waals surface area (Å²) < 4.78 is 12.7. The lowest BCUT2D eigenvalue weighted by atomic mass is 9.84. The van der Waals surface area contributed by atoms with Gasteiger partial charge < -0.3 is 11.1 Å². The third kappa shape index (κ3) is 6.34. The lowest BCUT2D eigenvalue weighted by Crippen LogP contribution is -2.25. The molecule has 0 aliphatic rings. The molecule has 3 N–H and O–H groups in total. The van der Waals surface area contributed by atoms with Crippen molar-refractivity contribution in [1.82, 2.24) is 5.32 Å². The molecule has 0 aliphatic heterocycles. The van der Waals surface area contributed by atoms with Crippen molar-refractivity contribution in [2.45, 2.75) is 39.7 Å². The Morgan fingerprint density at radius 3 is 2.47 bits per heavy atom. The van der Waals surface area contributed by atoms with Gasteiger partial charge in [-0.05, 0) is 42.5 Å². The fourth-order valence-electron chi connectivity index (χ4n) is 1.86. The second-order valence-corrected chi connectivity index (χ2v) is 5.61. The maximum atomic E-state index is 12.7. The number of halogens is 1. The average molecular weight is 266 g/mol. The van der Waals surface area contributed by atoms with Gasteiger partial charge in [-0.2, -0.15) is 0 Å². The molecule has 1 aromatic rings. The van der Waals surface area contributed by atoms with E-state index in [0.29, 0.717) is 19.5 Å². The topological polar surface area (TPSA) is 55.1 Å². The van der Waals surface area contributed by atoms with E-state index in [4.69, 9.17) is 5.73 Å². The Hall–Kier alpha value is -1.42. The maximum absolute atomic E-state index is 12.7. The van der Waals surface area contributed by atoms with Crippen LogP contribution in [-0.2, 0) is 11.3 Å². The van der Waals surface area contributed by atoms with Gasteiger partial charge >= 0.3 is 0 Å². The Bertz CT molecular complexity index is 401. The van der Waals surface area contributed by atoms with E-state index in [1.54, 1.807) is 12.1 Å². The number of nitrogens with one attached hydrogen (secondary N) is 1. The number of amides is 1. The molecule has 0 radical (unpaired) electrons. The molecule has 0 fully saturated rings. The molecule has 1 rings (SSSR count). The fraction of sp³-hybridized carbons (Fsp3) is 0.533. The first-order valence-corrected chi connectivity index (χ1v) is 6.64. The van der Waals surface area contributed by atoms with Crippen molar-refractivity contribution in [1.29, 1.82) is 0 Å². The molecule has 0 saturated carbocycles. The van der Waals surface area contributed by atoms with E-state index in [2.05, 4.69) is 19.2 Å². The van der Waals surface area contributed by atoms with Crippen LogP contribution in [0.4, 0.5) is 4.39 Å². The van der Waals surface area contributed by atoms with Gasteiger partial charge in [-0.25, -0.2) is 4.39 Å². The Morgan fingerprint density at radius 2 is 1.89 bits per heavy atom. The van der Waals surface area contributed by atoms with Crippen molar-refractivity contribution in [3.63, 3.8) is 0 Å². The van der Waals surface area contributed by atoms with Gasteiger partial charge in [0.25, 0.3) is 0 Å². The molecular formula is C15H23FN2O. The van der Waals surface area contributed by atoms with Gasteiger partial charge in [0.1, 0.15) is 5.82 Å². The number of hydrogen-bond acceptors (Lipinski definition) is 2. The van der Waals surface area contributed by atoms with Crippen LogP contribution in [0.3, 0.4) is 0 Å². The van der Waals surface area contributed by atoms with Crippen molar-refractivity contribution in [2.24, 2.45) is 11.1 Å². The number of benzene rings is 1. The highest BCUT2D eigenvalue weighted by Crippen LogP contribution is 2.25. The van der Waals surface area contributed by atoms with Crippen molar-refractivity contribution < 1.29 is 9.18 Å². The van der Waals surface area contributed by atoms with Crippen LogP contribution in [0.1, 0.15) is 38.7 Å². The van der Waals surface area contributed by atoms with E-state index in [0.717, 1.165) is 18.4 Å². The molecular weight excluding hydrogens is 243 g/mol. The molecule has 4 heteroatoms. The number of rotatable bonds is 7. The van der Waals surface area contributed by atoms with Gasteiger partial charge in [0, 0.05) is 13.0 Å². The summed E-state index contributed by atoms with van der Waals surface area (Å²) in [5, 5.41) is 2.84. The van der Waals surface area contributed by atoms with Gasteiger partial charge in [-0.3, -0.25) is 4.79 Å². The summed E-state index contributed by atoms with van der Waals surface area (Å²) in [6.45, 7) is 5.32. The van der Waals surface area contributed by atoms with Crippen molar-refractivity contribution in [3.8, 4) is 0 Å². The number of carbonyl (C=O) groups excluding carboxylic acids is 1. The summed E-state index contributed by atoms with van der Waals surface area (Å²) in [6, 6.07) is 6.14. The third-order valence-corrected chi connectivity index (χ3v) is 3.25. The third-order valence-electron chi connectivity index (χ3n) is 3.25. The van der Waals surface area contributed by atoms with E-state index in [-0.39, 0.29) is 17.1 Å². The monoisotopic (exact) mass is 266 g/mol. The molecule has 0 spiro atoms. The first kappa shape index (κ1) is 15.6. The summed E-state index contributed by atoms with van der Waals surface area (Å²) in [4.78, 5) is 11.7. The number of hydrogen-bond donors (Lipinski definition) is 2. The summed E-state index contributed by atoms with van der Waals surface area (Å²) in [6.07, 6.45) is 2.23. The molecule has 0 aromatic heterocycles. The van der Waals surface area contributed by atoms with Crippen LogP contribution in [-0.4, -0.2) is 12.5 Å². The minimum absolute atomic E-state index is 0.0226. The molecule has 0 heterocycles. The second kappa shape index (κ2) is 7.24. The van der Waals surface area contributed by atoms with Crippen LogP contribution in [0.15, 0.2) is 24.3 Å². The fourth-order valence-corrected chi connectivity index (χ4v) is 1.86. The first-order valence-electron chi connectivity index (χ1n) is 6.64. The van der Waals surface area contributed by atoms with Gasteiger partial charge in [0.15, 0.2) is 0 Å². The molecule has 0 saturated heterocycles. The molecule has 19 heavy (non-hydrogen) atoms. The first-order chi connectivity index (χ1) is 8.93. The van der Waals surface area contributed by atoms with Gasteiger partial charge in [0.2, 0.25) is 5.91 Å². The van der Waals surface area contributed by atoms with Gasteiger partial charge in [-0.15, -0.1) is 0 Å². The molecule has 0 unspecified atom stereocenters. The predicted molar refractivity (Wildman–Crippen MR) is 74.9 cm³/mol. The minimum atomic E-state index is -0.265. The molecule has 1 aromatic carbocycles. The summed E-state index contributed by atoms with van der Waals surface area (Å²) in [5.41, 5.74) is 6.53. The van der Waals surface area contributed by atoms with Crippen molar-refractivity contribution in [2.75, 3.05) is 6.54 Å². The minimum Gasteiger partial charge on any atom is -0.352 e. The van der Waals surface area contributed by atoms with E-state index in [1.807, 2.05) is 0 Å². The summed E-state index contributed by atoms with van der Waals surface area (Å²) in [5.74, 6) is -0.243. The van der Waals surface area contributed by atoms with Gasteiger partial charge in [0.05, 0.1) is 0 Å². The standard InChI is InChI=1S/C15H23FN2O/c1-15(2,9-10-17)8-7-14(19)18-11-12-3-5-13(16)6-4-12/h3-6H,7-11,17H2,1-2H3,(H,18,19). The van der Waals surface area contributed by atoms with E-state index in [9.17, 15) is 9.18 Å². The second-order valence-electron chi connectivity index (χ2n) is 5.61. The normalized spacial score (nSPS) is 11.4. The Labute approximate surface area is 114 Å². The molecule has 1 amide bonds. The maximum Gasteiger partial charge on any atom is 0.220 e. The van der Waals surface area contributed by atoms with Crippen LogP contribution < -0.4 is 11.1 Å². The highest BCUT2D eigenvalue weighted by atomic mass is 19.1. The Kier molecular flexibility index (Phi) is 5.96. The largest absolute Gasteiger partial charge is 0.352 e. The van der Waals surface area contributed by atoms with E-state index < -0.39 is 0 Å². The van der Waals surface area contributed by atoms with E-state index in [1.165, 1.54) is 12.1 Å². The zero-order chi connectivity index (χ0) is 14.3. The summed E-state index contributed by atoms with van der Waals surface area (Å²) >= 11 is 0. The van der Waals surface area contributed by atoms with Crippen LogP contribution >= 0.6 is 0 Å². The molecule has 3 nitrogen and oxygen atoms in total.